The topological polar surface area (TPSA) is 25.0 Å². The van der Waals surface area contributed by atoms with Crippen molar-refractivity contribution in [1.29, 1.82) is 0 Å². The van der Waals surface area contributed by atoms with Crippen LogP contribution in [-0.2, 0) is 0 Å². The Kier molecular flexibility index (Phi) is 2.11. The number of rotatable bonds is 2. The van der Waals surface area contributed by atoms with Crippen molar-refractivity contribution in [3.8, 4) is 11.5 Å². The van der Waals surface area contributed by atoms with Gasteiger partial charge in [-0.15, -0.1) is 0 Å². The summed E-state index contributed by atoms with van der Waals surface area (Å²) < 4.78 is 5.80. The van der Waals surface area contributed by atoms with Crippen LogP contribution < -0.4 is 4.74 Å². The summed E-state index contributed by atoms with van der Waals surface area (Å²) >= 11 is 0. The molecule has 1 N–H and O–H groups in total. The molecule has 2 nitrogen and oxygen atoms in total. The summed E-state index contributed by atoms with van der Waals surface area (Å²) in [5.74, 6) is 1.72. The van der Waals surface area contributed by atoms with Gasteiger partial charge in [-0.3, -0.25) is 0 Å². The van der Waals surface area contributed by atoms with Gasteiger partial charge in [0.25, 0.3) is 0 Å². The van der Waals surface area contributed by atoms with Crippen molar-refractivity contribution in [1.82, 2.24) is 4.98 Å². The number of H-pyrrole nitrogens is 1. The number of aromatic amines is 1. The third kappa shape index (κ3) is 1.54. The molecule has 0 amide bonds. The number of ether oxygens (including phenoxy) is 1. The van der Waals surface area contributed by atoms with Gasteiger partial charge in [-0.2, -0.15) is 0 Å². The fraction of sp³-hybridized carbons (Fsp3) is 0. The van der Waals surface area contributed by atoms with E-state index in [1.165, 1.54) is 5.39 Å². The molecule has 0 aliphatic heterocycles. The molecular formula is C14H11NO. The maximum Gasteiger partial charge on any atom is 0.144 e. The Morgan fingerprint density at radius 3 is 2.62 bits per heavy atom. The van der Waals surface area contributed by atoms with Crippen molar-refractivity contribution < 1.29 is 4.74 Å². The first-order valence-electron chi connectivity index (χ1n) is 5.22. The second-order valence-corrected chi connectivity index (χ2v) is 3.63. The highest BCUT2D eigenvalue weighted by Gasteiger charge is 2.02. The van der Waals surface area contributed by atoms with E-state index in [1.54, 1.807) is 0 Å². The van der Waals surface area contributed by atoms with E-state index in [0.717, 1.165) is 16.9 Å². The molecule has 0 atom stereocenters. The molecule has 2 heteroatoms. The molecule has 3 rings (SSSR count). The lowest BCUT2D eigenvalue weighted by Crippen LogP contribution is -1.83. The van der Waals surface area contributed by atoms with Gasteiger partial charge in [-0.1, -0.05) is 36.4 Å². The molecule has 0 saturated carbocycles. The van der Waals surface area contributed by atoms with E-state index in [9.17, 15) is 0 Å². The molecule has 16 heavy (non-hydrogen) atoms. The average Bonchev–Trinajstić information content (AvgIpc) is 2.82. The molecule has 0 saturated heterocycles. The summed E-state index contributed by atoms with van der Waals surface area (Å²) in [5.41, 5.74) is 0. The summed E-state index contributed by atoms with van der Waals surface area (Å²) in [5, 5.41) is 2.32. The Hall–Kier alpha value is -2.22. The van der Waals surface area contributed by atoms with Gasteiger partial charge in [0.2, 0.25) is 0 Å². The van der Waals surface area contributed by atoms with E-state index >= 15 is 0 Å². The molecule has 78 valence electrons. The van der Waals surface area contributed by atoms with Gasteiger partial charge in [-0.25, -0.2) is 0 Å². The minimum absolute atomic E-state index is 0.830. The molecule has 2 aromatic carbocycles. The lowest BCUT2D eigenvalue weighted by Gasteiger charge is -2.06. The maximum absolute atomic E-state index is 5.80. The van der Waals surface area contributed by atoms with Crippen LogP contribution in [0.2, 0.25) is 0 Å². The Morgan fingerprint density at radius 1 is 0.875 bits per heavy atom. The van der Waals surface area contributed by atoms with Gasteiger partial charge < -0.3 is 9.72 Å². The zero-order valence-corrected chi connectivity index (χ0v) is 8.68. The Morgan fingerprint density at radius 2 is 1.75 bits per heavy atom. The van der Waals surface area contributed by atoms with Crippen molar-refractivity contribution in [2.45, 2.75) is 0 Å². The molecular weight excluding hydrogens is 198 g/mol. The van der Waals surface area contributed by atoms with Crippen molar-refractivity contribution in [3.05, 3.63) is 60.9 Å². The lowest BCUT2D eigenvalue weighted by atomic mass is 10.1. The molecule has 0 fully saturated rings. The second-order valence-electron chi connectivity index (χ2n) is 3.63. The smallest absolute Gasteiger partial charge is 0.144 e. The largest absolute Gasteiger partial charge is 0.455 e. The molecule has 0 spiro atoms. The Bertz CT molecular complexity index is 594. The van der Waals surface area contributed by atoms with Crippen molar-refractivity contribution >= 4 is 10.8 Å². The van der Waals surface area contributed by atoms with Crippen LogP contribution in [0.4, 0.5) is 0 Å². The normalized spacial score (nSPS) is 10.5. The van der Waals surface area contributed by atoms with Gasteiger partial charge in [-0.05, 0) is 17.5 Å². The third-order valence-electron chi connectivity index (χ3n) is 2.55. The molecule has 0 unspecified atom stereocenters. The van der Waals surface area contributed by atoms with E-state index in [2.05, 4.69) is 23.2 Å². The third-order valence-corrected chi connectivity index (χ3v) is 2.55. The van der Waals surface area contributed by atoms with Crippen LogP contribution in [0.3, 0.4) is 0 Å². The van der Waals surface area contributed by atoms with Crippen molar-refractivity contribution in [2.75, 3.05) is 0 Å². The van der Waals surface area contributed by atoms with E-state index in [1.807, 2.05) is 42.7 Å². The zero-order valence-electron chi connectivity index (χ0n) is 8.68. The molecule has 1 heterocycles. The van der Waals surface area contributed by atoms with Gasteiger partial charge >= 0.3 is 0 Å². The predicted octanol–water partition coefficient (Wildman–Crippen LogP) is 3.96. The highest BCUT2D eigenvalue weighted by atomic mass is 16.5. The maximum atomic E-state index is 5.80. The SMILES string of the molecule is c1ccc2c(Oc3cc[nH]c3)cccc2c1. The van der Waals surface area contributed by atoms with Crippen LogP contribution in [0, 0.1) is 0 Å². The average molecular weight is 209 g/mol. The Labute approximate surface area is 93.5 Å². The first kappa shape index (κ1) is 9.04. The molecule has 0 aliphatic carbocycles. The summed E-state index contributed by atoms with van der Waals surface area (Å²) in [7, 11) is 0. The highest BCUT2D eigenvalue weighted by molar-refractivity contribution is 5.88. The summed E-state index contributed by atoms with van der Waals surface area (Å²) in [6.45, 7) is 0. The van der Waals surface area contributed by atoms with Gasteiger partial charge in [0.15, 0.2) is 0 Å². The van der Waals surface area contributed by atoms with Crippen molar-refractivity contribution in [2.24, 2.45) is 0 Å². The molecule has 1 aromatic heterocycles. The van der Waals surface area contributed by atoms with E-state index in [4.69, 9.17) is 4.74 Å². The van der Waals surface area contributed by atoms with Crippen LogP contribution in [0.1, 0.15) is 0 Å². The zero-order chi connectivity index (χ0) is 10.8. The van der Waals surface area contributed by atoms with E-state index in [0.29, 0.717) is 0 Å². The van der Waals surface area contributed by atoms with Crippen LogP contribution in [0.5, 0.6) is 11.5 Å². The van der Waals surface area contributed by atoms with Crippen LogP contribution in [-0.4, -0.2) is 4.98 Å². The number of hydrogen-bond acceptors (Lipinski definition) is 1. The quantitative estimate of drug-likeness (QED) is 0.679. The standard InChI is InChI=1S/C14H11NO/c1-2-6-13-11(4-1)5-3-7-14(13)16-12-8-9-15-10-12/h1-10,15H. The number of aromatic nitrogens is 1. The van der Waals surface area contributed by atoms with Crippen molar-refractivity contribution in [3.63, 3.8) is 0 Å². The first-order valence-corrected chi connectivity index (χ1v) is 5.22. The van der Waals surface area contributed by atoms with E-state index < -0.39 is 0 Å². The highest BCUT2D eigenvalue weighted by Crippen LogP contribution is 2.29. The van der Waals surface area contributed by atoms with E-state index in [-0.39, 0.29) is 0 Å². The molecule has 0 bridgehead atoms. The molecule has 0 aliphatic rings. The minimum Gasteiger partial charge on any atom is -0.455 e. The van der Waals surface area contributed by atoms with Crippen LogP contribution >= 0.6 is 0 Å². The monoisotopic (exact) mass is 209 g/mol. The second kappa shape index (κ2) is 3.74. The van der Waals surface area contributed by atoms with Gasteiger partial charge in [0, 0.05) is 17.8 Å². The predicted molar refractivity (Wildman–Crippen MR) is 64.8 cm³/mol. The van der Waals surface area contributed by atoms with Crippen LogP contribution in [0.15, 0.2) is 60.9 Å². The Balaban J connectivity index is 2.10. The fourth-order valence-corrected chi connectivity index (χ4v) is 1.78. The fourth-order valence-electron chi connectivity index (χ4n) is 1.78. The van der Waals surface area contributed by atoms with Crippen LogP contribution in [0.25, 0.3) is 10.8 Å². The molecule has 3 aromatic rings. The van der Waals surface area contributed by atoms with Gasteiger partial charge in [0.1, 0.15) is 11.5 Å². The lowest BCUT2D eigenvalue weighted by molar-refractivity contribution is 0.489. The summed E-state index contributed by atoms with van der Waals surface area (Å²) in [4.78, 5) is 2.97. The number of fused-ring (bicyclic) bond motifs is 1. The summed E-state index contributed by atoms with van der Waals surface area (Å²) in [6, 6.07) is 16.2. The van der Waals surface area contributed by atoms with Gasteiger partial charge in [0.05, 0.1) is 0 Å². The number of hydrogen-bond donors (Lipinski definition) is 1. The number of nitrogens with one attached hydrogen (secondary N) is 1. The number of benzene rings is 2. The molecule has 0 radical (unpaired) electrons. The summed E-state index contributed by atoms with van der Waals surface area (Å²) in [6.07, 6.45) is 3.68. The first-order chi connectivity index (χ1) is 7.93. The minimum atomic E-state index is 0.830.